The van der Waals surface area contributed by atoms with Crippen LogP contribution < -0.4 is 19.7 Å². The van der Waals surface area contributed by atoms with E-state index in [1.54, 1.807) is 19.1 Å². The summed E-state index contributed by atoms with van der Waals surface area (Å²) in [4.78, 5) is 28.9. The number of allylic oxidation sites excluding steroid dienone is 2. The number of fused-ring (bicyclic) bond motifs is 1. The summed E-state index contributed by atoms with van der Waals surface area (Å²) in [6, 6.07) is 14.8. The second kappa shape index (κ2) is 9.37. The summed E-state index contributed by atoms with van der Waals surface area (Å²) in [5, 5.41) is 3.25. The molecule has 2 unspecified atom stereocenters. The molecule has 2 atom stereocenters. The summed E-state index contributed by atoms with van der Waals surface area (Å²) in [5.74, 6) is 2.08. The summed E-state index contributed by atoms with van der Waals surface area (Å²) in [7, 11) is 3.23. The molecule has 176 valence electrons. The lowest BCUT2D eigenvalue weighted by Gasteiger charge is -2.36. The maximum atomic E-state index is 13.6. The number of rotatable bonds is 5. The van der Waals surface area contributed by atoms with E-state index in [2.05, 4.69) is 5.32 Å². The lowest BCUT2D eigenvalue weighted by atomic mass is 9.68. The fourth-order valence-corrected chi connectivity index (χ4v) is 5.45. The minimum Gasteiger partial charge on any atom is -0.497 e. The number of benzene rings is 2. The number of carbonyl (C=O) groups is 2. The van der Waals surface area contributed by atoms with E-state index in [4.69, 9.17) is 9.47 Å². The molecular weight excluding hydrogens is 428 g/mol. The van der Waals surface area contributed by atoms with E-state index >= 15 is 0 Å². The summed E-state index contributed by atoms with van der Waals surface area (Å²) in [6.07, 6.45) is 7.98. The van der Waals surface area contributed by atoms with Gasteiger partial charge in [0, 0.05) is 22.9 Å². The number of hydrogen-bond acceptors (Lipinski definition) is 5. The molecule has 2 aromatic carbocycles. The number of hydrogen-bond donors (Lipinski definition) is 1. The van der Waals surface area contributed by atoms with Crippen LogP contribution in [-0.2, 0) is 9.59 Å². The second-order valence-electron chi connectivity index (χ2n) is 9.17. The quantitative estimate of drug-likeness (QED) is 0.602. The number of carbonyl (C=O) groups excluding carboxylic acids is 2. The van der Waals surface area contributed by atoms with E-state index in [-0.39, 0.29) is 17.6 Å². The van der Waals surface area contributed by atoms with Crippen LogP contribution in [0.2, 0.25) is 0 Å². The number of methoxy groups -OCH3 is 2. The highest BCUT2D eigenvalue weighted by atomic mass is 16.5. The van der Waals surface area contributed by atoms with Crippen LogP contribution in [0.1, 0.15) is 38.5 Å². The highest BCUT2D eigenvalue weighted by Crippen LogP contribution is 2.43. The average molecular weight is 459 g/mol. The monoisotopic (exact) mass is 458 g/mol. The number of anilines is 2. The maximum absolute atomic E-state index is 13.6. The second-order valence-corrected chi connectivity index (χ2v) is 9.17. The summed E-state index contributed by atoms with van der Waals surface area (Å²) in [6.45, 7) is 0. The molecule has 0 bridgehead atoms. The Bertz CT molecular complexity index is 1150. The van der Waals surface area contributed by atoms with Crippen LogP contribution >= 0.6 is 0 Å². The zero-order valence-electron chi connectivity index (χ0n) is 19.7. The first-order chi connectivity index (χ1) is 16.6. The van der Waals surface area contributed by atoms with Gasteiger partial charge >= 0.3 is 0 Å². The predicted octanol–water partition coefficient (Wildman–Crippen LogP) is 5.47. The van der Waals surface area contributed by atoms with Crippen LogP contribution in [0.15, 0.2) is 71.6 Å². The molecule has 1 aliphatic heterocycles. The smallest absolute Gasteiger partial charge is 0.279 e. The van der Waals surface area contributed by atoms with Crippen LogP contribution in [-0.4, -0.2) is 25.9 Å². The minimum absolute atomic E-state index is 0.0878. The Morgan fingerprint density at radius 1 is 0.853 bits per heavy atom. The van der Waals surface area contributed by atoms with Crippen LogP contribution in [0.3, 0.4) is 0 Å². The molecule has 0 radical (unpaired) electrons. The molecule has 2 aliphatic carbocycles. The average Bonchev–Trinajstić information content (AvgIpc) is 3.20. The fraction of sp³-hybridized carbons (Fsp3) is 0.357. The van der Waals surface area contributed by atoms with Crippen molar-refractivity contribution in [3.05, 3.63) is 71.6 Å². The van der Waals surface area contributed by atoms with Gasteiger partial charge in [-0.05, 0) is 86.2 Å². The maximum Gasteiger partial charge on any atom is 0.279 e. The Labute approximate surface area is 200 Å². The van der Waals surface area contributed by atoms with Gasteiger partial charge in [0.25, 0.3) is 5.91 Å². The Kier molecular flexibility index (Phi) is 6.14. The Morgan fingerprint density at radius 2 is 1.50 bits per heavy atom. The predicted molar refractivity (Wildman–Crippen MR) is 132 cm³/mol. The van der Waals surface area contributed by atoms with Crippen molar-refractivity contribution in [2.45, 2.75) is 38.5 Å². The Morgan fingerprint density at radius 3 is 2.18 bits per heavy atom. The van der Waals surface area contributed by atoms with E-state index in [1.807, 2.05) is 54.6 Å². The van der Waals surface area contributed by atoms with Gasteiger partial charge in [-0.25, -0.2) is 0 Å². The van der Waals surface area contributed by atoms with Crippen molar-refractivity contribution in [1.29, 1.82) is 0 Å². The van der Waals surface area contributed by atoms with Gasteiger partial charge < -0.3 is 14.8 Å². The summed E-state index contributed by atoms with van der Waals surface area (Å²) >= 11 is 0. The Balaban J connectivity index is 1.53. The highest BCUT2D eigenvalue weighted by Gasteiger charge is 2.40. The molecule has 2 aromatic rings. The molecule has 1 N–H and O–H groups in total. The van der Waals surface area contributed by atoms with Crippen molar-refractivity contribution in [3.8, 4) is 11.5 Å². The fourth-order valence-electron chi connectivity index (χ4n) is 5.45. The molecule has 1 heterocycles. The molecule has 6 nitrogen and oxygen atoms in total. The lowest BCUT2D eigenvalue weighted by molar-refractivity contribution is -0.123. The van der Waals surface area contributed by atoms with Gasteiger partial charge in [-0.15, -0.1) is 0 Å². The van der Waals surface area contributed by atoms with Crippen molar-refractivity contribution in [3.63, 3.8) is 0 Å². The molecule has 6 heteroatoms. The third-order valence-corrected chi connectivity index (χ3v) is 7.27. The number of ether oxygens (including phenoxy) is 2. The number of nitrogens with one attached hydrogen (secondary N) is 1. The molecule has 3 aliphatic rings. The van der Waals surface area contributed by atoms with Crippen LogP contribution in [0.25, 0.3) is 0 Å². The summed E-state index contributed by atoms with van der Waals surface area (Å²) in [5.41, 5.74) is 3.42. The number of nitrogens with zero attached hydrogens (tertiary/aromatic N) is 1. The van der Waals surface area contributed by atoms with Crippen molar-refractivity contribution < 1.29 is 19.1 Å². The third-order valence-electron chi connectivity index (χ3n) is 7.27. The SMILES string of the molecule is COc1ccc(NC2=C/C(=C3/CCC4CCCCC4C3=O)N(c3ccc(OC)cc3)C2=O)cc1. The van der Waals surface area contributed by atoms with E-state index in [9.17, 15) is 9.59 Å². The van der Waals surface area contributed by atoms with E-state index in [1.165, 1.54) is 6.42 Å². The molecule has 1 amide bonds. The minimum atomic E-state index is -0.179. The van der Waals surface area contributed by atoms with Crippen LogP contribution in [0, 0.1) is 11.8 Å². The Hall–Kier alpha value is -3.54. The first kappa shape index (κ1) is 22.3. The zero-order chi connectivity index (χ0) is 23.7. The van der Waals surface area contributed by atoms with Gasteiger partial charge in [-0.1, -0.05) is 12.8 Å². The van der Waals surface area contributed by atoms with Gasteiger partial charge in [-0.3, -0.25) is 14.5 Å². The van der Waals surface area contributed by atoms with E-state index in [0.29, 0.717) is 29.5 Å². The lowest BCUT2D eigenvalue weighted by Crippen LogP contribution is -2.35. The topological polar surface area (TPSA) is 67.9 Å². The normalized spacial score (nSPS) is 24.5. The van der Waals surface area contributed by atoms with Gasteiger partial charge in [0.2, 0.25) is 0 Å². The largest absolute Gasteiger partial charge is 0.497 e. The summed E-state index contributed by atoms with van der Waals surface area (Å²) < 4.78 is 10.5. The van der Waals surface area contributed by atoms with Crippen LogP contribution in [0.4, 0.5) is 11.4 Å². The highest BCUT2D eigenvalue weighted by molar-refractivity contribution is 6.15. The molecule has 0 saturated heterocycles. The van der Waals surface area contributed by atoms with Crippen molar-refractivity contribution in [1.82, 2.24) is 0 Å². The first-order valence-electron chi connectivity index (χ1n) is 12.0. The molecule has 5 rings (SSSR count). The number of amides is 1. The molecule has 0 spiro atoms. The standard InChI is InChI=1S/C28H30N2O4/c1-33-21-12-8-19(9-13-21)29-25-17-26(24-16-7-18-5-3-4-6-23(18)27(24)31)30(28(25)32)20-10-14-22(34-2)15-11-20/h8-15,17-18,23,29H,3-7,16H2,1-2H3/b26-24+. The van der Waals surface area contributed by atoms with E-state index < -0.39 is 0 Å². The molecular formula is C28H30N2O4. The zero-order valence-corrected chi connectivity index (χ0v) is 19.7. The molecule has 34 heavy (non-hydrogen) atoms. The first-order valence-corrected chi connectivity index (χ1v) is 12.0. The molecule has 0 aromatic heterocycles. The van der Waals surface area contributed by atoms with Gasteiger partial charge in [0.15, 0.2) is 5.78 Å². The van der Waals surface area contributed by atoms with Crippen molar-refractivity contribution in [2.75, 3.05) is 24.4 Å². The number of ketones is 1. The van der Waals surface area contributed by atoms with Crippen LogP contribution in [0.5, 0.6) is 11.5 Å². The third kappa shape index (κ3) is 4.09. The van der Waals surface area contributed by atoms with Gasteiger partial charge in [0.05, 0.1) is 19.9 Å². The molecule has 2 fully saturated rings. The van der Waals surface area contributed by atoms with Crippen molar-refractivity contribution >= 4 is 23.1 Å². The number of Topliss-reactive ketones (excluding diaryl/α,β-unsaturated/α-hetero) is 1. The van der Waals surface area contributed by atoms with E-state index in [0.717, 1.165) is 48.4 Å². The van der Waals surface area contributed by atoms with Gasteiger partial charge in [0.1, 0.15) is 17.2 Å². The molecule has 2 saturated carbocycles. The van der Waals surface area contributed by atoms with Crippen molar-refractivity contribution in [2.24, 2.45) is 11.8 Å². The van der Waals surface area contributed by atoms with Gasteiger partial charge in [-0.2, -0.15) is 0 Å².